The highest BCUT2D eigenvalue weighted by Crippen LogP contribution is 2.32. The molecule has 1 aromatic rings. The van der Waals surface area contributed by atoms with Crippen LogP contribution in [0.1, 0.15) is 30.1 Å². The van der Waals surface area contributed by atoms with Crippen molar-refractivity contribution in [1.82, 2.24) is 9.29 Å². The van der Waals surface area contributed by atoms with E-state index in [1.165, 1.54) is 16.6 Å². The van der Waals surface area contributed by atoms with Gasteiger partial charge in [-0.1, -0.05) is 6.92 Å². The van der Waals surface area contributed by atoms with E-state index in [1.54, 1.807) is 6.92 Å². The molecule has 7 heteroatoms. The van der Waals surface area contributed by atoms with Crippen molar-refractivity contribution in [3.05, 3.63) is 24.0 Å². The van der Waals surface area contributed by atoms with E-state index in [0.717, 1.165) is 19.0 Å². The summed E-state index contributed by atoms with van der Waals surface area (Å²) in [6, 6.07) is 1.21. The minimum Gasteiger partial charge on any atom is -0.478 e. The number of aromatic nitrogens is 1. The highest BCUT2D eigenvalue weighted by Gasteiger charge is 2.38. The van der Waals surface area contributed by atoms with Gasteiger partial charge in [0.1, 0.15) is 4.90 Å². The van der Waals surface area contributed by atoms with Gasteiger partial charge in [0.2, 0.25) is 10.0 Å². The molecule has 0 atom stereocenters. The Balaban J connectivity index is 2.49. The van der Waals surface area contributed by atoms with E-state index in [0.29, 0.717) is 6.54 Å². The topological polar surface area (TPSA) is 87.6 Å². The summed E-state index contributed by atoms with van der Waals surface area (Å²) in [5.74, 6) is -1.26. The fourth-order valence-electron chi connectivity index (χ4n) is 1.88. The first-order valence-corrected chi connectivity index (χ1v) is 7.11. The standard InChI is InChI=1S/C11H14N2O4S/c1-2-13(8-3-4-8)18(16,17)10-7-12-6-5-9(10)11(14)15/h5-8H,2-4H2,1H3,(H,14,15). The van der Waals surface area contributed by atoms with Gasteiger partial charge in [-0.2, -0.15) is 4.31 Å². The predicted molar refractivity (Wildman–Crippen MR) is 63.8 cm³/mol. The van der Waals surface area contributed by atoms with Crippen LogP contribution in [0.2, 0.25) is 0 Å². The maximum atomic E-state index is 12.4. The third-order valence-corrected chi connectivity index (χ3v) is 4.92. The minimum absolute atomic E-state index is 0.00171. The van der Waals surface area contributed by atoms with Crippen LogP contribution in [0, 0.1) is 0 Å². The lowest BCUT2D eigenvalue weighted by Gasteiger charge is -2.20. The first-order valence-electron chi connectivity index (χ1n) is 5.67. The van der Waals surface area contributed by atoms with Crippen molar-refractivity contribution in [3.8, 4) is 0 Å². The van der Waals surface area contributed by atoms with E-state index in [4.69, 9.17) is 5.11 Å². The number of hydrogen-bond acceptors (Lipinski definition) is 4. The first kappa shape index (κ1) is 13.0. The summed E-state index contributed by atoms with van der Waals surface area (Å²) in [6.07, 6.45) is 4.03. The molecule has 1 saturated carbocycles. The van der Waals surface area contributed by atoms with Crippen LogP contribution in [0.15, 0.2) is 23.4 Å². The van der Waals surface area contributed by atoms with E-state index < -0.39 is 16.0 Å². The van der Waals surface area contributed by atoms with Crippen molar-refractivity contribution < 1.29 is 18.3 Å². The van der Waals surface area contributed by atoms with E-state index in [2.05, 4.69) is 4.98 Å². The fourth-order valence-corrected chi connectivity index (χ4v) is 3.70. The zero-order chi connectivity index (χ0) is 13.3. The monoisotopic (exact) mass is 270 g/mol. The zero-order valence-corrected chi connectivity index (χ0v) is 10.7. The van der Waals surface area contributed by atoms with Crippen molar-refractivity contribution in [3.63, 3.8) is 0 Å². The Labute approximate surface area is 105 Å². The number of carboxylic acids is 1. The Morgan fingerprint density at radius 1 is 1.56 bits per heavy atom. The Kier molecular flexibility index (Phi) is 3.36. The summed E-state index contributed by atoms with van der Waals surface area (Å²) in [6.45, 7) is 2.08. The lowest BCUT2D eigenvalue weighted by molar-refractivity contribution is 0.0692. The van der Waals surface area contributed by atoms with Crippen LogP contribution in [-0.4, -0.2) is 41.4 Å². The second-order valence-corrected chi connectivity index (χ2v) is 5.98. The summed E-state index contributed by atoms with van der Waals surface area (Å²) in [4.78, 5) is 14.5. The highest BCUT2D eigenvalue weighted by molar-refractivity contribution is 7.89. The molecule has 0 aliphatic heterocycles. The van der Waals surface area contributed by atoms with Crippen LogP contribution in [0.4, 0.5) is 0 Å². The third-order valence-electron chi connectivity index (χ3n) is 2.87. The van der Waals surface area contributed by atoms with Gasteiger partial charge in [-0.05, 0) is 18.9 Å². The SMILES string of the molecule is CCN(C1CC1)S(=O)(=O)c1cnccc1C(=O)O. The molecule has 2 rings (SSSR count). The molecule has 0 unspecified atom stereocenters. The van der Waals surface area contributed by atoms with E-state index in [9.17, 15) is 13.2 Å². The Morgan fingerprint density at radius 3 is 2.72 bits per heavy atom. The molecule has 1 fully saturated rings. The number of hydrogen-bond donors (Lipinski definition) is 1. The number of nitrogens with zero attached hydrogens (tertiary/aromatic N) is 2. The summed E-state index contributed by atoms with van der Waals surface area (Å²) in [5.41, 5.74) is -0.232. The molecule has 18 heavy (non-hydrogen) atoms. The highest BCUT2D eigenvalue weighted by atomic mass is 32.2. The largest absolute Gasteiger partial charge is 0.478 e. The Morgan fingerprint density at radius 2 is 2.22 bits per heavy atom. The van der Waals surface area contributed by atoms with Gasteiger partial charge in [-0.25, -0.2) is 13.2 Å². The molecule has 0 spiro atoms. The molecule has 0 radical (unpaired) electrons. The summed E-state index contributed by atoms with van der Waals surface area (Å²) < 4.78 is 26.1. The van der Waals surface area contributed by atoms with Crippen molar-refractivity contribution >= 4 is 16.0 Å². The second-order valence-electron chi connectivity index (χ2n) is 4.12. The van der Waals surface area contributed by atoms with Crippen molar-refractivity contribution in [2.45, 2.75) is 30.7 Å². The molecule has 0 aromatic carbocycles. The molecular weight excluding hydrogens is 256 g/mol. The van der Waals surface area contributed by atoms with Gasteiger partial charge in [0, 0.05) is 25.0 Å². The lowest BCUT2D eigenvalue weighted by Crippen LogP contribution is -2.34. The molecule has 1 aromatic heterocycles. The van der Waals surface area contributed by atoms with Gasteiger partial charge >= 0.3 is 5.97 Å². The van der Waals surface area contributed by atoms with Crippen LogP contribution in [-0.2, 0) is 10.0 Å². The zero-order valence-electron chi connectivity index (χ0n) is 9.91. The Hall–Kier alpha value is -1.47. The summed E-state index contributed by atoms with van der Waals surface area (Å²) >= 11 is 0. The molecule has 98 valence electrons. The van der Waals surface area contributed by atoms with Crippen LogP contribution >= 0.6 is 0 Å². The predicted octanol–water partition coefficient (Wildman–Crippen LogP) is 0.953. The van der Waals surface area contributed by atoms with Gasteiger partial charge < -0.3 is 5.11 Å². The van der Waals surface area contributed by atoms with Gasteiger partial charge in [-0.3, -0.25) is 4.98 Å². The van der Waals surface area contributed by atoms with Crippen molar-refractivity contribution in [2.75, 3.05) is 6.54 Å². The van der Waals surface area contributed by atoms with E-state index in [1.807, 2.05) is 0 Å². The molecule has 1 aliphatic rings. The molecule has 1 N–H and O–H groups in total. The molecule has 0 saturated heterocycles. The number of sulfonamides is 1. The van der Waals surface area contributed by atoms with Gasteiger partial charge in [0.25, 0.3) is 0 Å². The van der Waals surface area contributed by atoms with Crippen molar-refractivity contribution in [2.24, 2.45) is 0 Å². The van der Waals surface area contributed by atoms with Crippen LogP contribution in [0.3, 0.4) is 0 Å². The van der Waals surface area contributed by atoms with Crippen LogP contribution in [0.5, 0.6) is 0 Å². The lowest BCUT2D eigenvalue weighted by atomic mass is 10.3. The number of carbonyl (C=O) groups is 1. The molecular formula is C11H14N2O4S. The molecule has 0 bridgehead atoms. The fraction of sp³-hybridized carbons (Fsp3) is 0.455. The third kappa shape index (κ3) is 2.23. The Bertz CT molecular complexity index is 566. The smallest absolute Gasteiger partial charge is 0.337 e. The van der Waals surface area contributed by atoms with Crippen LogP contribution in [0.25, 0.3) is 0 Å². The maximum Gasteiger partial charge on any atom is 0.337 e. The normalized spacial score (nSPS) is 15.9. The average molecular weight is 270 g/mol. The number of rotatable bonds is 5. The van der Waals surface area contributed by atoms with Crippen LogP contribution < -0.4 is 0 Å². The van der Waals surface area contributed by atoms with Gasteiger partial charge in [-0.15, -0.1) is 0 Å². The van der Waals surface area contributed by atoms with E-state index >= 15 is 0 Å². The number of carboxylic acid groups (broad SMARTS) is 1. The minimum atomic E-state index is -3.77. The summed E-state index contributed by atoms with van der Waals surface area (Å²) in [5, 5.41) is 9.03. The van der Waals surface area contributed by atoms with Crippen molar-refractivity contribution in [1.29, 1.82) is 0 Å². The van der Waals surface area contributed by atoms with Gasteiger partial charge in [0.15, 0.2) is 0 Å². The van der Waals surface area contributed by atoms with E-state index in [-0.39, 0.29) is 16.5 Å². The number of aromatic carboxylic acids is 1. The maximum absolute atomic E-state index is 12.4. The second kappa shape index (κ2) is 4.66. The number of pyridine rings is 1. The quantitative estimate of drug-likeness (QED) is 0.860. The summed E-state index contributed by atoms with van der Waals surface area (Å²) in [7, 11) is -3.77. The first-order chi connectivity index (χ1) is 8.48. The molecule has 1 aliphatic carbocycles. The molecule has 0 amide bonds. The molecule has 1 heterocycles. The average Bonchev–Trinajstić information content (AvgIpc) is 3.14. The van der Waals surface area contributed by atoms with Gasteiger partial charge in [0.05, 0.1) is 5.56 Å². The molecule has 6 nitrogen and oxygen atoms in total.